The van der Waals surface area contributed by atoms with Crippen molar-refractivity contribution in [2.45, 2.75) is 26.4 Å². The van der Waals surface area contributed by atoms with E-state index in [2.05, 4.69) is 20.2 Å². The van der Waals surface area contributed by atoms with Crippen molar-refractivity contribution in [2.24, 2.45) is 0 Å². The summed E-state index contributed by atoms with van der Waals surface area (Å²) in [5.74, 6) is 0.889. The van der Waals surface area contributed by atoms with E-state index in [1.54, 1.807) is 22.2 Å². The molecule has 0 aromatic carbocycles. The van der Waals surface area contributed by atoms with Crippen molar-refractivity contribution in [1.29, 1.82) is 0 Å². The molecule has 0 aliphatic heterocycles. The highest BCUT2D eigenvalue weighted by molar-refractivity contribution is 7.08. The number of rotatable bonds is 6. The third-order valence-corrected chi connectivity index (χ3v) is 4.70. The molecule has 0 unspecified atom stereocenters. The summed E-state index contributed by atoms with van der Waals surface area (Å²) in [5, 5.41) is 12.1. The Morgan fingerprint density at radius 3 is 2.93 bits per heavy atom. The summed E-state index contributed by atoms with van der Waals surface area (Å²) < 4.78 is 12.2. The number of carbonyl (C=O) groups is 1. The van der Waals surface area contributed by atoms with E-state index in [0.29, 0.717) is 17.2 Å². The fraction of sp³-hybridized carbons (Fsp3) is 0.211. The predicted molar refractivity (Wildman–Crippen MR) is 102 cm³/mol. The van der Waals surface area contributed by atoms with E-state index in [0.717, 1.165) is 11.3 Å². The second-order valence-electron chi connectivity index (χ2n) is 6.30. The van der Waals surface area contributed by atoms with E-state index < -0.39 is 5.97 Å². The lowest BCUT2D eigenvalue weighted by Gasteiger charge is -2.11. The minimum Gasteiger partial charge on any atom is -0.452 e. The van der Waals surface area contributed by atoms with E-state index in [4.69, 9.17) is 9.26 Å². The first-order valence-corrected chi connectivity index (χ1v) is 9.59. The van der Waals surface area contributed by atoms with E-state index >= 15 is 0 Å². The molecule has 0 radical (unpaired) electrons. The molecule has 0 N–H and O–H groups in total. The summed E-state index contributed by atoms with van der Waals surface area (Å²) in [6.45, 7) is 3.86. The van der Waals surface area contributed by atoms with Crippen molar-refractivity contribution in [3.05, 3.63) is 64.6 Å². The molecule has 0 saturated carbocycles. The molecule has 28 heavy (non-hydrogen) atoms. The molecule has 0 fully saturated rings. The molecular formula is C19H17N5O3S. The van der Waals surface area contributed by atoms with Crippen LogP contribution in [0.4, 0.5) is 0 Å². The lowest BCUT2D eigenvalue weighted by atomic mass is 10.1. The molecule has 0 aliphatic carbocycles. The first kappa shape index (κ1) is 18.1. The molecule has 0 aliphatic rings. The van der Waals surface area contributed by atoms with Gasteiger partial charge in [-0.15, -0.1) is 0 Å². The average Bonchev–Trinajstić information content (AvgIpc) is 3.46. The van der Waals surface area contributed by atoms with Gasteiger partial charge in [0.15, 0.2) is 12.4 Å². The van der Waals surface area contributed by atoms with E-state index in [1.807, 2.05) is 48.9 Å². The van der Waals surface area contributed by atoms with Crippen molar-refractivity contribution < 1.29 is 14.1 Å². The zero-order valence-electron chi connectivity index (χ0n) is 15.3. The molecule has 0 atom stereocenters. The Morgan fingerprint density at radius 1 is 1.32 bits per heavy atom. The highest BCUT2D eigenvalue weighted by Gasteiger charge is 2.23. The Balaban J connectivity index is 1.52. The molecule has 0 amide bonds. The molecule has 0 bridgehead atoms. The quantitative estimate of drug-likeness (QED) is 0.457. The van der Waals surface area contributed by atoms with Crippen LogP contribution in [0.3, 0.4) is 0 Å². The SMILES string of the molecule is CC(C)c1c(C(=O)OCc2nc(-c3ccsc3)no2)cnn1-c1ccccn1. The Morgan fingerprint density at radius 2 is 2.21 bits per heavy atom. The summed E-state index contributed by atoms with van der Waals surface area (Å²) in [7, 11) is 0. The molecule has 4 rings (SSSR count). The molecular weight excluding hydrogens is 378 g/mol. The first-order valence-electron chi connectivity index (χ1n) is 8.65. The van der Waals surface area contributed by atoms with Crippen LogP contribution in [0.15, 0.2) is 51.9 Å². The Hall–Kier alpha value is -3.33. The standard InChI is InChI=1S/C19H17N5O3S/c1-12(2)17-14(9-21-24(17)15-5-3-4-7-20-15)19(25)26-10-16-22-18(23-27-16)13-6-8-28-11-13/h3-9,11-12H,10H2,1-2H3. The van der Waals surface area contributed by atoms with Gasteiger partial charge >= 0.3 is 5.97 Å². The Labute approximate surface area is 164 Å². The fourth-order valence-corrected chi connectivity index (χ4v) is 3.39. The van der Waals surface area contributed by atoms with Crippen molar-refractivity contribution in [2.75, 3.05) is 0 Å². The Kier molecular flexibility index (Phi) is 4.98. The summed E-state index contributed by atoms with van der Waals surface area (Å²) in [6.07, 6.45) is 3.18. The van der Waals surface area contributed by atoms with Crippen LogP contribution in [0.2, 0.25) is 0 Å². The zero-order valence-corrected chi connectivity index (χ0v) is 16.1. The van der Waals surface area contributed by atoms with Gasteiger partial charge in [0.25, 0.3) is 5.89 Å². The topological polar surface area (TPSA) is 95.9 Å². The largest absolute Gasteiger partial charge is 0.452 e. The van der Waals surface area contributed by atoms with E-state index in [-0.39, 0.29) is 18.4 Å². The minimum atomic E-state index is -0.499. The number of aromatic nitrogens is 5. The van der Waals surface area contributed by atoms with Gasteiger partial charge in [0.05, 0.1) is 11.9 Å². The van der Waals surface area contributed by atoms with E-state index in [1.165, 1.54) is 6.20 Å². The van der Waals surface area contributed by atoms with Gasteiger partial charge in [0.1, 0.15) is 5.56 Å². The Bertz CT molecular complexity index is 1070. The van der Waals surface area contributed by atoms with Gasteiger partial charge in [-0.1, -0.05) is 25.1 Å². The second-order valence-corrected chi connectivity index (χ2v) is 7.08. The van der Waals surface area contributed by atoms with E-state index in [9.17, 15) is 4.79 Å². The van der Waals surface area contributed by atoms with Gasteiger partial charge in [0.2, 0.25) is 5.82 Å². The summed E-state index contributed by atoms with van der Waals surface area (Å²) in [4.78, 5) is 21.2. The molecule has 4 heterocycles. The van der Waals surface area contributed by atoms with Gasteiger partial charge in [-0.25, -0.2) is 14.5 Å². The smallest absolute Gasteiger partial charge is 0.342 e. The molecule has 8 nitrogen and oxygen atoms in total. The monoisotopic (exact) mass is 395 g/mol. The van der Waals surface area contributed by atoms with Gasteiger partial charge < -0.3 is 9.26 Å². The third-order valence-electron chi connectivity index (χ3n) is 4.01. The zero-order chi connectivity index (χ0) is 19.5. The van der Waals surface area contributed by atoms with Crippen molar-refractivity contribution >= 4 is 17.3 Å². The average molecular weight is 395 g/mol. The van der Waals surface area contributed by atoms with Crippen LogP contribution in [0.5, 0.6) is 0 Å². The molecule has 4 aromatic rings. The van der Waals surface area contributed by atoms with Crippen molar-refractivity contribution in [3.8, 4) is 17.2 Å². The fourth-order valence-electron chi connectivity index (χ4n) is 2.76. The van der Waals surface area contributed by atoms with Crippen LogP contribution in [0, 0.1) is 0 Å². The normalized spacial score (nSPS) is 11.1. The molecule has 4 aromatic heterocycles. The van der Waals surface area contributed by atoms with Crippen LogP contribution < -0.4 is 0 Å². The third kappa shape index (κ3) is 3.56. The number of esters is 1. The summed E-state index contributed by atoms with van der Waals surface area (Å²) >= 11 is 1.54. The van der Waals surface area contributed by atoms with Crippen LogP contribution in [0.25, 0.3) is 17.2 Å². The number of pyridine rings is 1. The summed E-state index contributed by atoms with van der Waals surface area (Å²) in [5.41, 5.74) is 1.98. The minimum absolute atomic E-state index is 0.0423. The predicted octanol–water partition coefficient (Wildman–Crippen LogP) is 3.86. The maximum Gasteiger partial charge on any atom is 0.342 e. The molecule has 142 valence electrons. The van der Waals surface area contributed by atoms with Gasteiger partial charge in [-0.05, 0) is 29.5 Å². The lowest BCUT2D eigenvalue weighted by Crippen LogP contribution is -2.11. The number of hydrogen-bond donors (Lipinski definition) is 0. The second kappa shape index (κ2) is 7.73. The summed E-state index contributed by atoms with van der Waals surface area (Å²) in [6, 6.07) is 7.42. The number of hydrogen-bond acceptors (Lipinski definition) is 8. The molecule has 9 heteroatoms. The van der Waals surface area contributed by atoms with Crippen LogP contribution >= 0.6 is 11.3 Å². The van der Waals surface area contributed by atoms with Crippen LogP contribution in [-0.2, 0) is 11.3 Å². The lowest BCUT2D eigenvalue weighted by molar-refractivity contribution is 0.0428. The number of carbonyl (C=O) groups excluding carboxylic acids is 1. The maximum atomic E-state index is 12.6. The van der Waals surface area contributed by atoms with Crippen LogP contribution in [0.1, 0.15) is 41.7 Å². The first-order chi connectivity index (χ1) is 13.6. The van der Waals surface area contributed by atoms with Gasteiger partial charge in [0, 0.05) is 17.1 Å². The van der Waals surface area contributed by atoms with Crippen molar-refractivity contribution in [3.63, 3.8) is 0 Å². The molecule has 0 spiro atoms. The van der Waals surface area contributed by atoms with Gasteiger partial charge in [-0.2, -0.15) is 21.4 Å². The van der Waals surface area contributed by atoms with Crippen molar-refractivity contribution in [1.82, 2.24) is 24.9 Å². The molecule has 0 saturated heterocycles. The van der Waals surface area contributed by atoms with Crippen LogP contribution in [-0.4, -0.2) is 30.9 Å². The maximum absolute atomic E-state index is 12.6. The number of nitrogens with zero attached hydrogens (tertiary/aromatic N) is 5. The number of thiophene rings is 1. The highest BCUT2D eigenvalue weighted by Crippen LogP contribution is 2.23. The van der Waals surface area contributed by atoms with Gasteiger partial charge in [-0.3, -0.25) is 0 Å². The number of ether oxygens (including phenoxy) is 1. The highest BCUT2D eigenvalue weighted by atomic mass is 32.1.